The highest BCUT2D eigenvalue weighted by Crippen LogP contribution is 2.33. The molecule has 1 atom stereocenters. The van der Waals surface area contributed by atoms with Crippen molar-refractivity contribution in [1.82, 2.24) is 15.0 Å². The number of pyridine rings is 1. The number of rotatable bonds is 7. The standard InChI is InChI=1S/C26H26N6O2/c1-17-6-4-7-19(16-17)18(2)32(25(27)33)20-9-11-21(12-10-20)34-24-22(8-5-14-29-24)23-13-15-30-26(28-3)31-23/h4-16,18H,1-3H3,(H2,27,33)(H,28,30,31). The number of nitrogens with two attached hydrogens (primary N) is 1. The van der Waals surface area contributed by atoms with Crippen LogP contribution in [0.3, 0.4) is 0 Å². The van der Waals surface area contributed by atoms with Crippen molar-refractivity contribution >= 4 is 17.7 Å². The molecule has 2 aromatic carbocycles. The molecule has 0 aliphatic heterocycles. The Morgan fingerprint density at radius 1 is 1.03 bits per heavy atom. The van der Waals surface area contributed by atoms with Crippen molar-refractivity contribution in [2.45, 2.75) is 19.9 Å². The Bertz CT molecular complexity index is 1290. The average molecular weight is 455 g/mol. The Kier molecular flexibility index (Phi) is 6.68. The van der Waals surface area contributed by atoms with Crippen molar-refractivity contribution in [3.05, 3.63) is 90.3 Å². The molecule has 172 valence electrons. The van der Waals surface area contributed by atoms with Gasteiger partial charge in [-0.1, -0.05) is 29.8 Å². The molecule has 2 aromatic heterocycles. The van der Waals surface area contributed by atoms with E-state index in [-0.39, 0.29) is 6.04 Å². The number of primary amides is 1. The van der Waals surface area contributed by atoms with E-state index in [4.69, 9.17) is 10.5 Å². The summed E-state index contributed by atoms with van der Waals surface area (Å²) < 4.78 is 6.07. The molecule has 4 rings (SSSR count). The molecule has 8 nitrogen and oxygen atoms in total. The maximum absolute atomic E-state index is 12.3. The first kappa shape index (κ1) is 22.7. The molecular weight excluding hydrogens is 428 g/mol. The molecule has 0 spiro atoms. The first-order chi connectivity index (χ1) is 16.5. The zero-order chi connectivity index (χ0) is 24.1. The van der Waals surface area contributed by atoms with Crippen LogP contribution in [0.5, 0.6) is 11.6 Å². The highest BCUT2D eigenvalue weighted by Gasteiger charge is 2.21. The number of benzene rings is 2. The maximum Gasteiger partial charge on any atom is 0.319 e. The molecule has 3 N–H and O–H groups in total. The van der Waals surface area contributed by atoms with Crippen LogP contribution in [-0.2, 0) is 0 Å². The second kappa shape index (κ2) is 9.99. The number of ether oxygens (including phenoxy) is 1. The Hall–Kier alpha value is -4.46. The normalized spacial score (nSPS) is 11.5. The lowest BCUT2D eigenvalue weighted by Crippen LogP contribution is -2.37. The van der Waals surface area contributed by atoms with E-state index in [1.807, 2.05) is 50.2 Å². The number of anilines is 2. The molecule has 8 heteroatoms. The van der Waals surface area contributed by atoms with E-state index in [1.165, 1.54) is 0 Å². The molecule has 34 heavy (non-hydrogen) atoms. The van der Waals surface area contributed by atoms with Crippen molar-refractivity contribution in [2.24, 2.45) is 5.73 Å². The molecule has 1 unspecified atom stereocenters. The summed E-state index contributed by atoms with van der Waals surface area (Å²) in [5.41, 5.74) is 9.96. The summed E-state index contributed by atoms with van der Waals surface area (Å²) in [5, 5.41) is 2.93. The number of aromatic nitrogens is 3. The van der Waals surface area contributed by atoms with Crippen LogP contribution in [0.2, 0.25) is 0 Å². The van der Waals surface area contributed by atoms with Crippen LogP contribution in [0.25, 0.3) is 11.3 Å². The van der Waals surface area contributed by atoms with Gasteiger partial charge in [0.1, 0.15) is 5.75 Å². The summed E-state index contributed by atoms with van der Waals surface area (Å²) in [6.07, 6.45) is 3.33. The second-order valence-corrected chi connectivity index (χ2v) is 7.77. The minimum atomic E-state index is -0.529. The van der Waals surface area contributed by atoms with Gasteiger partial charge in [0.2, 0.25) is 11.8 Å². The van der Waals surface area contributed by atoms with Gasteiger partial charge >= 0.3 is 6.03 Å². The smallest absolute Gasteiger partial charge is 0.319 e. The lowest BCUT2D eigenvalue weighted by molar-refractivity contribution is 0.252. The van der Waals surface area contributed by atoms with E-state index < -0.39 is 6.03 Å². The third-order valence-corrected chi connectivity index (χ3v) is 5.40. The number of nitrogens with zero attached hydrogens (tertiary/aromatic N) is 4. The predicted octanol–water partition coefficient (Wildman–Crippen LogP) is 5.33. The van der Waals surface area contributed by atoms with Gasteiger partial charge < -0.3 is 15.8 Å². The maximum atomic E-state index is 12.3. The summed E-state index contributed by atoms with van der Waals surface area (Å²) in [6.45, 7) is 3.97. The van der Waals surface area contributed by atoms with Crippen molar-refractivity contribution < 1.29 is 9.53 Å². The molecule has 0 aliphatic rings. The van der Waals surface area contributed by atoms with Gasteiger partial charge in [0.25, 0.3) is 0 Å². The fourth-order valence-electron chi connectivity index (χ4n) is 3.70. The van der Waals surface area contributed by atoms with Gasteiger partial charge in [-0.15, -0.1) is 0 Å². The lowest BCUT2D eigenvalue weighted by Gasteiger charge is -2.28. The molecule has 2 heterocycles. The first-order valence-electron chi connectivity index (χ1n) is 10.9. The number of hydrogen-bond donors (Lipinski definition) is 2. The van der Waals surface area contributed by atoms with Crippen LogP contribution in [0.1, 0.15) is 24.1 Å². The van der Waals surface area contributed by atoms with Crippen LogP contribution in [0.15, 0.2) is 79.1 Å². The van der Waals surface area contributed by atoms with Crippen LogP contribution >= 0.6 is 0 Å². The summed E-state index contributed by atoms with van der Waals surface area (Å²) in [6, 6.07) is 19.9. The van der Waals surface area contributed by atoms with Crippen LogP contribution in [-0.4, -0.2) is 28.0 Å². The van der Waals surface area contributed by atoms with Gasteiger partial charge in [0.05, 0.1) is 17.3 Å². The fraction of sp³-hybridized carbons (Fsp3) is 0.154. The Labute approximate surface area is 198 Å². The molecule has 0 bridgehead atoms. The number of nitrogens with one attached hydrogen (secondary N) is 1. The van der Waals surface area contributed by atoms with Gasteiger partial charge in [-0.25, -0.2) is 19.7 Å². The zero-order valence-corrected chi connectivity index (χ0v) is 19.3. The Balaban J connectivity index is 1.59. The van der Waals surface area contributed by atoms with Gasteiger partial charge in [-0.05, 0) is 61.9 Å². The molecule has 0 saturated heterocycles. The van der Waals surface area contributed by atoms with E-state index >= 15 is 0 Å². The number of carbonyl (C=O) groups excluding carboxylic acids is 1. The topological polar surface area (TPSA) is 106 Å². The van der Waals surface area contributed by atoms with Crippen molar-refractivity contribution in [2.75, 3.05) is 17.3 Å². The van der Waals surface area contributed by atoms with E-state index in [9.17, 15) is 4.79 Å². The Morgan fingerprint density at radius 3 is 2.53 bits per heavy atom. The minimum absolute atomic E-state index is 0.231. The highest BCUT2D eigenvalue weighted by atomic mass is 16.5. The van der Waals surface area contributed by atoms with Gasteiger partial charge in [-0.3, -0.25) is 4.90 Å². The second-order valence-electron chi connectivity index (χ2n) is 7.77. The van der Waals surface area contributed by atoms with Crippen LogP contribution in [0, 0.1) is 6.92 Å². The van der Waals surface area contributed by atoms with Gasteiger partial charge in [0, 0.05) is 25.1 Å². The average Bonchev–Trinajstić information content (AvgIpc) is 2.85. The van der Waals surface area contributed by atoms with E-state index in [0.29, 0.717) is 29.0 Å². The zero-order valence-electron chi connectivity index (χ0n) is 19.3. The van der Waals surface area contributed by atoms with Gasteiger partial charge in [0.15, 0.2) is 0 Å². The molecule has 0 radical (unpaired) electrons. The summed E-state index contributed by atoms with van der Waals surface area (Å²) in [5.74, 6) is 1.49. The summed E-state index contributed by atoms with van der Waals surface area (Å²) in [7, 11) is 1.76. The lowest BCUT2D eigenvalue weighted by atomic mass is 10.0. The summed E-state index contributed by atoms with van der Waals surface area (Å²) in [4.78, 5) is 26.9. The van der Waals surface area contributed by atoms with Crippen molar-refractivity contribution in [3.8, 4) is 22.9 Å². The predicted molar refractivity (Wildman–Crippen MR) is 133 cm³/mol. The highest BCUT2D eigenvalue weighted by molar-refractivity contribution is 5.91. The minimum Gasteiger partial charge on any atom is -0.438 e. The fourth-order valence-corrected chi connectivity index (χ4v) is 3.70. The van der Waals surface area contributed by atoms with E-state index in [0.717, 1.165) is 16.7 Å². The monoisotopic (exact) mass is 454 g/mol. The molecule has 0 aliphatic carbocycles. The Morgan fingerprint density at radius 2 is 1.82 bits per heavy atom. The SMILES string of the molecule is CNc1nccc(-c2cccnc2Oc2ccc(N(C(N)=O)C(C)c3cccc(C)c3)cc2)n1. The number of hydrogen-bond acceptors (Lipinski definition) is 6. The molecular formula is C26H26N6O2. The number of amides is 2. The quantitative estimate of drug-likeness (QED) is 0.391. The van der Waals surface area contributed by atoms with Crippen LogP contribution < -0.4 is 20.7 Å². The van der Waals surface area contributed by atoms with Crippen LogP contribution in [0.4, 0.5) is 16.4 Å². The molecule has 2 amide bonds. The van der Waals surface area contributed by atoms with Crippen molar-refractivity contribution in [3.63, 3.8) is 0 Å². The third kappa shape index (κ3) is 4.96. The number of aryl methyl sites for hydroxylation is 1. The van der Waals surface area contributed by atoms with Gasteiger partial charge in [-0.2, -0.15) is 0 Å². The van der Waals surface area contributed by atoms with E-state index in [2.05, 4.69) is 20.3 Å². The van der Waals surface area contributed by atoms with Crippen molar-refractivity contribution in [1.29, 1.82) is 0 Å². The third-order valence-electron chi connectivity index (χ3n) is 5.40. The largest absolute Gasteiger partial charge is 0.438 e. The molecule has 0 saturated carbocycles. The van der Waals surface area contributed by atoms with E-state index in [1.54, 1.807) is 54.7 Å². The summed E-state index contributed by atoms with van der Waals surface area (Å²) >= 11 is 0. The number of carbonyl (C=O) groups is 1. The number of urea groups is 1. The molecule has 4 aromatic rings. The molecule has 0 fully saturated rings. The first-order valence-corrected chi connectivity index (χ1v) is 10.9.